The molecule has 0 heterocycles. The average Bonchev–Trinajstić information content (AvgIpc) is 3.31. The molecule has 0 aromatic rings. The Morgan fingerprint density at radius 1 is 1.45 bits per heavy atom. The normalized spacial score (nSPS) is 29.6. The largest absolute Gasteiger partial charge is 0.468 e. The number of hydrogen-bond acceptors (Lipinski definition) is 4. The topological polar surface area (TPSA) is 87.1 Å². The predicted molar refractivity (Wildman–Crippen MR) is 76.1 cm³/mol. The number of carbonyl (C=O) groups is 1. The molecule has 0 amide bonds. The molecule has 0 aliphatic heterocycles. The molecule has 2 atom stereocenters. The number of nitrogens with one attached hydrogen (secondary N) is 1. The van der Waals surface area contributed by atoms with Crippen molar-refractivity contribution in [2.75, 3.05) is 20.2 Å². The predicted octanol–water partition coefficient (Wildman–Crippen LogP) is 2.79. The van der Waals surface area contributed by atoms with Crippen LogP contribution < -0.4 is 5.32 Å². The number of carbonyl (C=O) groups excluding carboxylic acids is 1. The molecule has 2 aliphatic rings. The number of methoxy groups -OCH3 is 1. The van der Waals surface area contributed by atoms with Crippen molar-refractivity contribution in [1.29, 1.82) is 0 Å². The van der Waals surface area contributed by atoms with Crippen molar-refractivity contribution < 1.29 is 9.53 Å². The summed E-state index contributed by atoms with van der Waals surface area (Å²) in [5, 5.41) is 6.92. The summed E-state index contributed by atoms with van der Waals surface area (Å²) in [6, 6.07) is 0. The van der Waals surface area contributed by atoms with Crippen LogP contribution in [0.25, 0.3) is 10.4 Å². The highest BCUT2D eigenvalue weighted by molar-refractivity contribution is 5.81. The first-order chi connectivity index (χ1) is 9.72. The zero-order valence-electron chi connectivity index (χ0n) is 12.2. The first kappa shape index (κ1) is 15.1. The van der Waals surface area contributed by atoms with Crippen LogP contribution in [0.2, 0.25) is 0 Å². The molecule has 2 unspecified atom stereocenters. The highest BCUT2D eigenvalue weighted by atomic mass is 16.5. The van der Waals surface area contributed by atoms with Crippen LogP contribution in [0.3, 0.4) is 0 Å². The van der Waals surface area contributed by atoms with Gasteiger partial charge in [-0.05, 0) is 56.0 Å². The molecular weight excluding hydrogens is 256 g/mol. The third-order valence-corrected chi connectivity index (χ3v) is 4.62. The van der Waals surface area contributed by atoms with Crippen LogP contribution in [0.5, 0.6) is 0 Å². The van der Waals surface area contributed by atoms with E-state index in [9.17, 15) is 4.79 Å². The maximum atomic E-state index is 12.2. The van der Waals surface area contributed by atoms with Gasteiger partial charge in [0, 0.05) is 11.5 Å². The van der Waals surface area contributed by atoms with Gasteiger partial charge in [-0.25, -0.2) is 0 Å². The number of azide groups is 1. The van der Waals surface area contributed by atoms with Crippen molar-refractivity contribution in [3.8, 4) is 0 Å². The summed E-state index contributed by atoms with van der Waals surface area (Å²) >= 11 is 0. The van der Waals surface area contributed by atoms with Crippen molar-refractivity contribution in [2.24, 2.45) is 17.0 Å². The van der Waals surface area contributed by atoms with Gasteiger partial charge >= 0.3 is 5.97 Å². The summed E-state index contributed by atoms with van der Waals surface area (Å²) in [5.41, 5.74) is 7.74. The molecule has 0 radical (unpaired) electrons. The molecule has 2 rings (SSSR count). The van der Waals surface area contributed by atoms with Crippen molar-refractivity contribution in [3.63, 3.8) is 0 Å². The zero-order chi connectivity index (χ0) is 14.4. The molecule has 0 spiro atoms. The molecule has 1 N–H and O–H groups in total. The van der Waals surface area contributed by atoms with E-state index in [0.717, 1.165) is 31.6 Å². The van der Waals surface area contributed by atoms with Crippen LogP contribution in [0.1, 0.15) is 44.9 Å². The van der Waals surface area contributed by atoms with E-state index in [4.69, 9.17) is 10.3 Å². The zero-order valence-corrected chi connectivity index (χ0v) is 12.2. The minimum atomic E-state index is -0.517. The van der Waals surface area contributed by atoms with Crippen molar-refractivity contribution in [1.82, 2.24) is 5.32 Å². The first-order valence-corrected chi connectivity index (χ1v) is 7.56. The third-order valence-electron chi connectivity index (χ3n) is 4.62. The van der Waals surface area contributed by atoms with Gasteiger partial charge in [0.15, 0.2) is 0 Å². The molecule has 0 aromatic heterocycles. The Morgan fingerprint density at radius 2 is 2.25 bits per heavy atom. The molecule has 2 aliphatic carbocycles. The fourth-order valence-electron chi connectivity index (χ4n) is 3.42. The van der Waals surface area contributed by atoms with Crippen molar-refractivity contribution in [2.45, 2.75) is 50.5 Å². The minimum absolute atomic E-state index is 0.133. The van der Waals surface area contributed by atoms with E-state index in [1.54, 1.807) is 0 Å². The molecule has 2 saturated carbocycles. The second kappa shape index (κ2) is 6.95. The van der Waals surface area contributed by atoms with Gasteiger partial charge in [-0.1, -0.05) is 18.0 Å². The van der Waals surface area contributed by atoms with E-state index in [0.29, 0.717) is 19.0 Å². The number of rotatable bonds is 7. The second-order valence-corrected chi connectivity index (χ2v) is 6.00. The summed E-state index contributed by atoms with van der Waals surface area (Å²) in [7, 11) is 1.46. The Balaban J connectivity index is 1.93. The molecule has 6 heteroatoms. The molecule has 0 aromatic carbocycles. The number of ether oxygens (including phenoxy) is 1. The quantitative estimate of drug-likeness (QED) is 0.256. The molecule has 0 saturated heterocycles. The van der Waals surface area contributed by atoms with Gasteiger partial charge in [-0.2, -0.15) is 0 Å². The minimum Gasteiger partial charge on any atom is -0.468 e. The van der Waals surface area contributed by atoms with Gasteiger partial charge in [0.25, 0.3) is 0 Å². The fraction of sp³-hybridized carbons (Fsp3) is 0.929. The van der Waals surface area contributed by atoms with E-state index >= 15 is 0 Å². The Labute approximate surface area is 119 Å². The first-order valence-electron chi connectivity index (χ1n) is 7.56. The van der Waals surface area contributed by atoms with Gasteiger partial charge < -0.3 is 10.1 Å². The van der Waals surface area contributed by atoms with Gasteiger partial charge in [0.05, 0.1) is 7.11 Å². The van der Waals surface area contributed by atoms with Gasteiger partial charge in [0.1, 0.15) is 5.54 Å². The van der Waals surface area contributed by atoms with Crippen LogP contribution in [0.4, 0.5) is 0 Å². The monoisotopic (exact) mass is 280 g/mol. The van der Waals surface area contributed by atoms with E-state index in [2.05, 4.69) is 15.3 Å². The summed E-state index contributed by atoms with van der Waals surface area (Å²) in [6.45, 7) is 1.15. The Hall–Kier alpha value is -1.26. The maximum Gasteiger partial charge on any atom is 0.326 e. The number of esters is 1. The van der Waals surface area contributed by atoms with Gasteiger partial charge in [-0.3, -0.25) is 4.79 Å². The highest BCUT2D eigenvalue weighted by Gasteiger charge is 2.46. The lowest BCUT2D eigenvalue weighted by molar-refractivity contribution is -0.151. The SMILES string of the molecule is COC(=O)C1(NCCCN=[N+]=[N-])CCCC(C2CC2)C1. The third kappa shape index (κ3) is 3.64. The lowest BCUT2D eigenvalue weighted by atomic mass is 9.73. The lowest BCUT2D eigenvalue weighted by Crippen LogP contribution is -2.56. The van der Waals surface area contributed by atoms with Crippen LogP contribution in [0.15, 0.2) is 5.11 Å². The Bertz CT molecular complexity index is 391. The summed E-state index contributed by atoms with van der Waals surface area (Å²) in [4.78, 5) is 15.0. The Morgan fingerprint density at radius 3 is 2.90 bits per heavy atom. The molecule has 6 nitrogen and oxygen atoms in total. The number of nitrogens with zero attached hydrogens (tertiary/aromatic N) is 3. The van der Waals surface area contributed by atoms with Gasteiger partial charge in [0.2, 0.25) is 0 Å². The van der Waals surface area contributed by atoms with Crippen LogP contribution in [-0.4, -0.2) is 31.7 Å². The number of hydrogen-bond donors (Lipinski definition) is 1. The lowest BCUT2D eigenvalue weighted by Gasteiger charge is -2.39. The second-order valence-electron chi connectivity index (χ2n) is 6.00. The Kier molecular flexibility index (Phi) is 5.26. The summed E-state index contributed by atoms with van der Waals surface area (Å²) in [6.07, 6.45) is 7.45. The smallest absolute Gasteiger partial charge is 0.326 e. The molecule has 112 valence electrons. The van der Waals surface area contributed by atoms with Crippen molar-refractivity contribution in [3.05, 3.63) is 10.4 Å². The fourth-order valence-corrected chi connectivity index (χ4v) is 3.42. The standard InChI is InChI=1S/C14H24N4O2/c1-20-13(19)14(16-8-3-9-17-18-15)7-2-4-12(10-14)11-5-6-11/h11-12,16H,2-10H2,1H3. The van der Waals surface area contributed by atoms with Gasteiger partial charge in [-0.15, -0.1) is 0 Å². The molecule has 0 bridgehead atoms. The average molecular weight is 280 g/mol. The van der Waals surface area contributed by atoms with Crippen molar-refractivity contribution >= 4 is 5.97 Å². The van der Waals surface area contributed by atoms with E-state index in [1.165, 1.54) is 26.4 Å². The van der Waals surface area contributed by atoms with Crippen LogP contribution >= 0.6 is 0 Å². The molecule has 2 fully saturated rings. The van der Waals surface area contributed by atoms with E-state index in [-0.39, 0.29) is 5.97 Å². The molecule has 20 heavy (non-hydrogen) atoms. The molecular formula is C14H24N4O2. The highest BCUT2D eigenvalue weighted by Crippen LogP contribution is 2.46. The van der Waals surface area contributed by atoms with E-state index in [1.807, 2.05) is 0 Å². The van der Waals surface area contributed by atoms with Crippen LogP contribution in [-0.2, 0) is 9.53 Å². The summed E-state index contributed by atoms with van der Waals surface area (Å²) < 4.78 is 5.04. The summed E-state index contributed by atoms with van der Waals surface area (Å²) in [5.74, 6) is 1.35. The van der Waals surface area contributed by atoms with E-state index < -0.39 is 5.54 Å². The van der Waals surface area contributed by atoms with Crippen LogP contribution in [0, 0.1) is 11.8 Å². The maximum absolute atomic E-state index is 12.2.